The molecule has 0 unspecified atom stereocenters. The maximum absolute atomic E-state index is 13.6. The van der Waals surface area contributed by atoms with Gasteiger partial charge >= 0.3 is 6.09 Å². The summed E-state index contributed by atoms with van der Waals surface area (Å²) in [5, 5.41) is 8.96. The molecule has 0 aliphatic heterocycles. The Morgan fingerprint density at radius 3 is 2.65 bits per heavy atom. The van der Waals surface area contributed by atoms with Gasteiger partial charge in [0.1, 0.15) is 17.2 Å². The molecule has 0 saturated heterocycles. The minimum absolute atomic E-state index is 0.166. The first-order valence-corrected chi connectivity index (χ1v) is 13.5. The highest BCUT2D eigenvalue weighted by Gasteiger charge is 2.18. The molecule has 3 aromatic rings. The molecule has 0 saturated carbocycles. The number of nitrogens with one attached hydrogen (secondary N) is 3. The Morgan fingerprint density at radius 2 is 1.90 bits per heavy atom. The van der Waals surface area contributed by atoms with Crippen LogP contribution in [0.4, 0.5) is 15.0 Å². The Kier molecular flexibility index (Phi) is 9.47. The van der Waals surface area contributed by atoms with Crippen LogP contribution in [-0.2, 0) is 24.2 Å². The molecule has 4 rings (SSSR count). The summed E-state index contributed by atoms with van der Waals surface area (Å²) in [6.45, 7) is 6.26. The van der Waals surface area contributed by atoms with Crippen molar-refractivity contribution in [3.05, 3.63) is 94.7 Å². The highest BCUT2D eigenvalue weighted by Crippen LogP contribution is 2.28. The van der Waals surface area contributed by atoms with Gasteiger partial charge in [-0.05, 0) is 93.5 Å². The number of carbonyl (C=O) groups is 2. The summed E-state index contributed by atoms with van der Waals surface area (Å²) in [5.41, 5.74) is 4.10. The van der Waals surface area contributed by atoms with Crippen molar-refractivity contribution in [1.29, 1.82) is 0 Å². The van der Waals surface area contributed by atoms with Gasteiger partial charge in [-0.25, -0.2) is 14.2 Å². The van der Waals surface area contributed by atoms with E-state index in [1.165, 1.54) is 17.7 Å². The van der Waals surface area contributed by atoms with E-state index in [0.717, 1.165) is 36.1 Å². The largest absolute Gasteiger partial charge is 0.444 e. The van der Waals surface area contributed by atoms with E-state index in [0.29, 0.717) is 30.0 Å². The Balaban J connectivity index is 1.44. The number of alkyl carbamates (subject to hydrolysis) is 1. The van der Waals surface area contributed by atoms with E-state index in [9.17, 15) is 14.0 Å². The second-order valence-corrected chi connectivity index (χ2v) is 10.7. The van der Waals surface area contributed by atoms with E-state index in [4.69, 9.17) is 9.72 Å². The standard InChI is InChI=1S/C31H36FN5O3/c1-31(2,3)40-30(39)36-20-27-23(11-7-16-33-27)19-35-29(38)25-13-14-26(22-9-4-5-10-22)37-28(25)34-17-15-21-8-6-12-24(32)18-21/h6-9,11-14,16,18H,4-5,10,15,17,19-20H2,1-3H3,(H,34,37)(H,35,38)(H,36,39). The van der Waals surface area contributed by atoms with Crippen molar-refractivity contribution >= 4 is 23.4 Å². The number of benzene rings is 1. The lowest BCUT2D eigenvalue weighted by Crippen LogP contribution is -2.33. The topological polar surface area (TPSA) is 105 Å². The number of anilines is 1. The summed E-state index contributed by atoms with van der Waals surface area (Å²) in [4.78, 5) is 34.6. The molecule has 0 radical (unpaired) electrons. The summed E-state index contributed by atoms with van der Waals surface area (Å²) < 4.78 is 18.9. The van der Waals surface area contributed by atoms with Crippen LogP contribution >= 0.6 is 0 Å². The molecule has 2 amide bonds. The predicted molar refractivity (Wildman–Crippen MR) is 153 cm³/mol. The minimum Gasteiger partial charge on any atom is -0.444 e. The van der Waals surface area contributed by atoms with E-state index in [2.05, 4.69) is 27.0 Å². The van der Waals surface area contributed by atoms with Crippen LogP contribution in [0, 0.1) is 5.82 Å². The lowest BCUT2D eigenvalue weighted by molar-refractivity contribution is 0.0522. The number of hydrogen-bond donors (Lipinski definition) is 3. The quantitative estimate of drug-likeness (QED) is 0.298. The smallest absolute Gasteiger partial charge is 0.407 e. The Bertz CT molecular complexity index is 1380. The van der Waals surface area contributed by atoms with Gasteiger partial charge in [0.15, 0.2) is 0 Å². The molecule has 8 nitrogen and oxygen atoms in total. The fourth-order valence-electron chi connectivity index (χ4n) is 4.41. The zero-order valence-electron chi connectivity index (χ0n) is 23.2. The van der Waals surface area contributed by atoms with E-state index in [1.807, 2.05) is 18.2 Å². The number of halogens is 1. The van der Waals surface area contributed by atoms with Crippen molar-refractivity contribution in [2.45, 2.75) is 65.1 Å². The highest BCUT2D eigenvalue weighted by atomic mass is 19.1. The van der Waals surface area contributed by atoms with Crippen molar-refractivity contribution in [2.24, 2.45) is 0 Å². The van der Waals surface area contributed by atoms with Gasteiger partial charge < -0.3 is 20.7 Å². The Morgan fingerprint density at radius 1 is 1.05 bits per heavy atom. The molecule has 40 heavy (non-hydrogen) atoms. The third kappa shape index (κ3) is 8.36. The second kappa shape index (κ2) is 13.2. The number of ether oxygens (including phenoxy) is 1. The third-order valence-corrected chi connectivity index (χ3v) is 6.33. The van der Waals surface area contributed by atoms with Gasteiger partial charge in [-0.15, -0.1) is 0 Å². The minimum atomic E-state index is -0.605. The molecule has 0 bridgehead atoms. The molecule has 1 aliphatic carbocycles. The lowest BCUT2D eigenvalue weighted by atomic mass is 10.1. The normalized spacial score (nSPS) is 12.9. The van der Waals surface area contributed by atoms with Gasteiger partial charge in [-0.1, -0.05) is 24.3 Å². The molecule has 9 heteroatoms. The van der Waals surface area contributed by atoms with Crippen LogP contribution in [0.1, 0.15) is 72.9 Å². The fourth-order valence-corrected chi connectivity index (χ4v) is 4.41. The SMILES string of the molecule is CC(C)(C)OC(=O)NCc1ncccc1CNC(=O)c1ccc(C2=CCCC2)nc1NCCc1cccc(F)c1. The van der Waals surface area contributed by atoms with Crippen LogP contribution in [0.2, 0.25) is 0 Å². The number of hydrogen-bond acceptors (Lipinski definition) is 6. The number of nitrogens with zero attached hydrogens (tertiary/aromatic N) is 2. The van der Waals surface area contributed by atoms with Crippen LogP contribution in [0.3, 0.4) is 0 Å². The van der Waals surface area contributed by atoms with Gasteiger partial charge in [0.25, 0.3) is 5.91 Å². The van der Waals surface area contributed by atoms with Crippen LogP contribution in [0.15, 0.2) is 60.8 Å². The first-order valence-electron chi connectivity index (χ1n) is 13.5. The molecule has 2 heterocycles. The molecule has 0 fully saturated rings. The fraction of sp³-hybridized carbons (Fsp3) is 0.355. The zero-order valence-corrected chi connectivity index (χ0v) is 23.2. The highest BCUT2D eigenvalue weighted by molar-refractivity contribution is 5.99. The number of allylic oxidation sites excluding steroid dienone is 2. The molecule has 3 N–H and O–H groups in total. The molecule has 210 valence electrons. The second-order valence-electron chi connectivity index (χ2n) is 10.7. The molecule has 1 aromatic carbocycles. The summed E-state index contributed by atoms with van der Waals surface area (Å²) in [5.74, 6) is -0.0817. The first-order chi connectivity index (χ1) is 19.2. The van der Waals surface area contributed by atoms with Gasteiger partial charge in [-0.2, -0.15) is 0 Å². The van der Waals surface area contributed by atoms with Crippen LogP contribution < -0.4 is 16.0 Å². The van der Waals surface area contributed by atoms with Crippen molar-refractivity contribution in [3.63, 3.8) is 0 Å². The van der Waals surface area contributed by atoms with E-state index in [1.54, 1.807) is 45.2 Å². The maximum Gasteiger partial charge on any atom is 0.407 e. The van der Waals surface area contributed by atoms with E-state index in [-0.39, 0.29) is 24.8 Å². The van der Waals surface area contributed by atoms with Gasteiger partial charge in [-0.3, -0.25) is 9.78 Å². The van der Waals surface area contributed by atoms with Gasteiger partial charge in [0.05, 0.1) is 23.5 Å². The summed E-state index contributed by atoms with van der Waals surface area (Å²) in [7, 11) is 0. The summed E-state index contributed by atoms with van der Waals surface area (Å²) in [6.07, 6.45) is 6.95. The van der Waals surface area contributed by atoms with E-state index < -0.39 is 11.7 Å². The third-order valence-electron chi connectivity index (χ3n) is 6.33. The van der Waals surface area contributed by atoms with Crippen molar-refractivity contribution < 1.29 is 18.7 Å². The number of rotatable bonds is 10. The van der Waals surface area contributed by atoms with Crippen LogP contribution in [0.5, 0.6) is 0 Å². The van der Waals surface area contributed by atoms with Gasteiger partial charge in [0, 0.05) is 19.3 Å². The average Bonchev–Trinajstić information content (AvgIpc) is 3.45. The first kappa shape index (κ1) is 28.7. The summed E-state index contributed by atoms with van der Waals surface area (Å²) in [6, 6.07) is 13.8. The number of pyridine rings is 2. The Labute approximate surface area is 234 Å². The monoisotopic (exact) mass is 545 g/mol. The predicted octanol–water partition coefficient (Wildman–Crippen LogP) is 5.79. The van der Waals surface area contributed by atoms with Crippen molar-refractivity contribution in [2.75, 3.05) is 11.9 Å². The number of amides is 2. The Hall–Kier alpha value is -4.27. The lowest BCUT2D eigenvalue weighted by Gasteiger charge is -2.20. The molecule has 0 atom stereocenters. The maximum atomic E-state index is 13.6. The average molecular weight is 546 g/mol. The molecule has 2 aromatic heterocycles. The number of aromatic nitrogens is 2. The van der Waals surface area contributed by atoms with Crippen molar-refractivity contribution in [1.82, 2.24) is 20.6 Å². The van der Waals surface area contributed by atoms with E-state index >= 15 is 0 Å². The summed E-state index contributed by atoms with van der Waals surface area (Å²) >= 11 is 0. The number of carbonyl (C=O) groups excluding carboxylic acids is 2. The molecular formula is C31H36FN5O3. The molecule has 1 aliphatic rings. The molecule has 0 spiro atoms. The van der Waals surface area contributed by atoms with Crippen LogP contribution in [0.25, 0.3) is 5.57 Å². The molecular weight excluding hydrogens is 509 g/mol. The van der Waals surface area contributed by atoms with Gasteiger partial charge in [0.2, 0.25) is 0 Å². The zero-order chi connectivity index (χ0) is 28.5. The van der Waals surface area contributed by atoms with Crippen LogP contribution in [-0.4, -0.2) is 34.1 Å². The van der Waals surface area contributed by atoms with Crippen molar-refractivity contribution in [3.8, 4) is 0 Å².